The smallest absolute Gasteiger partial charge is 0.0468 e. The Morgan fingerprint density at radius 3 is 0.532 bits per heavy atom. The normalized spacial score (nSPS) is 14.8. The number of hydrogen-bond donors (Lipinski definition) is 0. The van der Waals surface area contributed by atoms with Gasteiger partial charge in [-0.3, -0.25) is 0 Å². The molecule has 0 amide bonds. The van der Waals surface area contributed by atoms with Gasteiger partial charge in [-0.1, -0.05) is 319 Å². The van der Waals surface area contributed by atoms with E-state index in [4.69, 9.17) is 0 Å². The molecule has 4 nitrogen and oxygen atoms in total. The Balaban J connectivity index is 0.712. The first kappa shape index (κ1) is 78.2. The van der Waals surface area contributed by atoms with E-state index in [0.717, 1.165) is 90.5 Å². The molecule has 0 heterocycles. The van der Waals surface area contributed by atoms with Crippen molar-refractivity contribution in [3.05, 3.63) is 423 Å². The summed E-state index contributed by atoms with van der Waals surface area (Å²) >= 11 is 0. The predicted octanol–water partition coefficient (Wildman–Crippen LogP) is 35.9. The summed E-state index contributed by atoms with van der Waals surface area (Å²) in [6.07, 6.45) is 23.3. The first-order chi connectivity index (χ1) is 62.5. The minimum atomic E-state index is 0.610. The Bertz CT molecular complexity index is 6810. The standard InChI is InChI=1S/C122H106N4/c1-9-29-85(30-10-1)91-57-65-103(66-58-91)123(99-41-17-5-18-42-99)107-75-79-113-115(81-107)119(95-37-13-3-14-38-95)111-77-73-109(125(101-45-21-7-22-46-101)104-67-59-92(60-68-104)86-31-11-2-12-32-86)83-117(111)121(113)97-53-49-89(50-54-97)90-51-55-98(56-52-90)122-114-80-76-108(124(100-43-19-6-20-44-100)105-69-61-93(62-70-105)87-33-25-26-34-87)82-116(114)120(96-39-15-4-16-40-96)112-78-74-110(84-118(112)122)126(102-47-23-8-24-48-102)106-71-63-94(64-72-106)88-35-27-28-36-88/h3-8,13-24,37-88H,1-2,9-12,25-36H2. The Kier molecular flexibility index (Phi) is 21.8. The maximum Gasteiger partial charge on any atom is 0.0468 e. The maximum atomic E-state index is 2.49. The summed E-state index contributed by atoms with van der Waals surface area (Å²) in [6.45, 7) is 0. The lowest BCUT2D eigenvalue weighted by Gasteiger charge is -2.29. The van der Waals surface area contributed by atoms with Crippen LogP contribution in [0.25, 0.3) is 98.7 Å². The van der Waals surface area contributed by atoms with E-state index in [1.165, 1.54) is 214 Å². The Morgan fingerprint density at radius 2 is 0.310 bits per heavy atom. The maximum absolute atomic E-state index is 2.49. The van der Waals surface area contributed by atoms with Gasteiger partial charge in [0.05, 0.1) is 0 Å². The zero-order valence-corrected chi connectivity index (χ0v) is 71.9. The fraction of sp³-hybridized carbons (Fsp3) is 0.180. The molecule has 0 unspecified atom stereocenters. The zero-order valence-electron chi connectivity index (χ0n) is 71.9. The van der Waals surface area contributed by atoms with Crippen LogP contribution in [0.2, 0.25) is 0 Å². The van der Waals surface area contributed by atoms with Crippen molar-refractivity contribution in [2.45, 2.75) is 139 Å². The van der Waals surface area contributed by atoms with Crippen LogP contribution in [0.5, 0.6) is 0 Å². The van der Waals surface area contributed by atoms with E-state index in [0.29, 0.717) is 23.7 Å². The molecule has 0 bridgehead atoms. The van der Waals surface area contributed by atoms with Crippen LogP contribution >= 0.6 is 0 Å². The van der Waals surface area contributed by atoms with Crippen LogP contribution in [0, 0.1) is 0 Å². The summed E-state index contributed by atoms with van der Waals surface area (Å²) in [5.41, 5.74) is 31.1. The van der Waals surface area contributed by atoms with Crippen molar-refractivity contribution in [2.75, 3.05) is 19.6 Å². The molecular weight excluding hydrogens is 1520 g/mol. The van der Waals surface area contributed by atoms with Gasteiger partial charge in [-0.25, -0.2) is 0 Å². The molecule has 0 N–H and O–H groups in total. The zero-order chi connectivity index (χ0) is 83.6. The fourth-order valence-corrected chi connectivity index (χ4v) is 22.1. The van der Waals surface area contributed by atoms with E-state index in [9.17, 15) is 0 Å². The molecule has 4 saturated carbocycles. The van der Waals surface area contributed by atoms with E-state index in [-0.39, 0.29) is 0 Å². The largest absolute Gasteiger partial charge is 0.310 e. The van der Waals surface area contributed by atoms with Crippen molar-refractivity contribution < 1.29 is 0 Å². The van der Waals surface area contributed by atoms with Crippen molar-refractivity contribution in [3.8, 4) is 55.6 Å². The SMILES string of the molecule is c1ccc(-c2c3ccc(N(c4ccccc4)c4ccc(C5CCCCC5)cc4)cc3c(-c3ccc(-c4ccc(-c5c6ccc(N(c7ccccc7)c7ccc(C8CCCC8)cc7)cc6c(-c6ccccc6)c6ccc(N(c7ccccc7)c7ccc(C8CCCC8)cc7)cc56)cc4)cc3)c3ccc(N(c4ccccc4)c4ccc(C5CCCCC5)cc4)cc23)cc1. The second kappa shape index (κ2) is 35.1. The van der Waals surface area contributed by atoms with Crippen molar-refractivity contribution in [1.29, 1.82) is 0 Å². The average Bonchev–Trinajstić information content (AvgIpc) is 0.863. The molecule has 0 aromatic heterocycles. The summed E-state index contributed by atoms with van der Waals surface area (Å²) in [5, 5.41) is 9.57. The first-order valence-electron chi connectivity index (χ1n) is 46.7. The molecular formula is C122H106N4. The number of benzene rings is 18. The molecule has 126 heavy (non-hydrogen) atoms. The van der Waals surface area contributed by atoms with Gasteiger partial charge in [-0.05, 0) is 342 Å². The minimum Gasteiger partial charge on any atom is -0.310 e. The molecule has 22 rings (SSSR count). The summed E-state index contributed by atoms with van der Waals surface area (Å²) in [4.78, 5) is 9.86. The molecule has 18 aromatic rings. The lowest BCUT2D eigenvalue weighted by atomic mass is 9.84. The molecule has 614 valence electrons. The molecule has 4 fully saturated rings. The van der Waals surface area contributed by atoms with Gasteiger partial charge in [-0.15, -0.1) is 0 Å². The van der Waals surface area contributed by atoms with Gasteiger partial charge >= 0.3 is 0 Å². The third-order valence-electron chi connectivity index (χ3n) is 28.5. The molecule has 4 heteroatoms. The monoisotopic (exact) mass is 1630 g/mol. The molecule has 0 spiro atoms. The number of fused-ring (bicyclic) bond motifs is 4. The lowest BCUT2D eigenvalue weighted by Crippen LogP contribution is -2.11. The number of anilines is 12. The number of para-hydroxylation sites is 4. The highest BCUT2D eigenvalue weighted by molar-refractivity contribution is 6.24. The van der Waals surface area contributed by atoms with Gasteiger partial charge < -0.3 is 19.6 Å². The van der Waals surface area contributed by atoms with Crippen molar-refractivity contribution in [2.24, 2.45) is 0 Å². The number of nitrogens with zero attached hydrogens (tertiary/aromatic N) is 4. The van der Waals surface area contributed by atoms with Crippen LogP contribution in [0.1, 0.15) is 162 Å². The Hall–Kier alpha value is -13.8. The van der Waals surface area contributed by atoms with Crippen LogP contribution in [-0.2, 0) is 0 Å². The Morgan fingerprint density at radius 1 is 0.135 bits per heavy atom. The van der Waals surface area contributed by atoms with Gasteiger partial charge in [0.2, 0.25) is 0 Å². The highest BCUT2D eigenvalue weighted by Crippen LogP contribution is 2.54. The number of rotatable bonds is 21. The van der Waals surface area contributed by atoms with Gasteiger partial charge in [-0.2, -0.15) is 0 Å². The molecule has 0 saturated heterocycles. The molecule has 4 aliphatic carbocycles. The second-order valence-electron chi connectivity index (χ2n) is 36.0. The second-order valence-corrected chi connectivity index (χ2v) is 36.0. The fourth-order valence-electron chi connectivity index (χ4n) is 22.1. The first-order valence-corrected chi connectivity index (χ1v) is 46.7. The van der Waals surface area contributed by atoms with E-state index < -0.39 is 0 Å². The average molecular weight is 1630 g/mol. The van der Waals surface area contributed by atoms with Crippen molar-refractivity contribution in [3.63, 3.8) is 0 Å². The lowest BCUT2D eigenvalue weighted by molar-refractivity contribution is 0.443. The van der Waals surface area contributed by atoms with Crippen LogP contribution in [0.3, 0.4) is 0 Å². The van der Waals surface area contributed by atoms with Crippen LogP contribution in [-0.4, -0.2) is 0 Å². The highest BCUT2D eigenvalue weighted by atomic mass is 15.2. The van der Waals surface area contributed by atoms with Crippen molar-refractivity contribution >= 4 is 111 Å². The van der Waals surface area contributed by atoms with Crippen LogP contribution < -0.4 is 19.6 Å². The van der Waals surface area contributed by atoms with Crippen molar-refractivity contribution in [1.82, 2.24) is 0 Å². The molecule has 18 aromatic carbocycles. The van der Waals surface area contributed by atoms with E-state index >= 15 is 0 Å². The predicted molar refractivity (Wildman–Crippen MR) is 536 cm³/mol. The van der Waals surface area contributed by atoms with E-state index in [2.05, 4.69) is 420 Å². The quantitative estimate of drug-likeness (QED) is 0.0665. The summed E-state index contributed by atoms with van der Waals surface area (Å²) in [6, 6.07) is 153. The van der Waals surface area contributed by atoms with Crippen LogP contribution in [0.15, 0.2) is 400 Å². The highest BCUT2D eigenvalue weighted by Gasteiger charge is 2.29. The summed E-state index contributed by atoms with van der Waals surface area (Å²) in [7, 11) is 0. The van der Waals surface area contributed by atoms with Crippen LogP contribution in [0.4, 0.5) is 68.2 Å². The minimum absolute atomic E-state index is 0.610. The van der Waals surface area contributed by atoms with E-state index in [1.807, 2.05) is 0 Å². The number of hydrogen-bond acceptors (Lipinski definition) is 4. The third kappa shape index (κ3) is 15.4. The third-order valence-corrected chi connectivity index (χ3v) is 28.5. The van der Waals surface area contributed by atoms with Gasteiger partial charge in [0.1, 0.15) is 0 Å². The topological polar surface area (TPSA) is 13.0 Å². The van der Waals surface area contributed by atoms with Gasteiger partial charge in [0, 0.05) is 68.2 Å². The Labute approximate surface area is 743 Å². The molecule has 0 atom stereocenters. The molecule has 4 aliphatic rings. The molecule has 0 radical (unpaired) electrons. The van der Waals surface area contributed by atoms with E-state index in [1.54, 1.807) is 0 Å². The summed E-state index contributed by atoms with van der Waals surface area (Å²) in [5.74, 6) is 2.47. The molecule has 0 aliphatic heterocycles. The van der Waals surface area contributed by atoms with Gasteiger partial charge in [0.15, 0.2) is 0 Å². The summed E-state index contributed by atoms with van der Waals surface area (Å²) < 4.78 is 0. The van der Waals surface area contributed by atoms with Gasteiger partial charge in [0.25, 0.3) is 0 Å².